The Labute approximate surface area is 138 Å². The molecule has 2 aliphatic rings. The largest absolute Gasteiger partial charge is 0.373 e. The van der Waals surface area contributed by atoms with E-state index in [9.17, 15) is 0 Å². The molecule has 2 saturated heterocycles. The summed E-state index contributed by atoms with van der Waals surface area (Å²) in [7, 11) is 0. The van der Waals surface area contributed by atoms with Gasteiger partial charge in [0.1, 0.15) is 0 Å². The first-order valence-electron chi connectivity index (χ1n) is 8.98. The summed E-state index contributed by atoms with van der Waals surface area (Å²) in [5.41, 5.74) is 0. The quantitative estimate of drug-likeness (QED) is 0.782. The van der Waals surface area contributed by atoms with Crippen molar-refractivity contribution in [2.75, 3.05) is 26.2 Å². The fraction of sp³-hybridized carbons (Fsp3) is 1.00. The van der Waals surface area contributed by atoms with Crippen molar-refractivity contribution in [1.82, 2.24) is 9.80 Å². The van der Waals surface area contributed by atoms with E-state index in [1.165, 1.54) is 0 Å². The van der Waals surface area contributed by atoms with Gasteiger partial charge in [0.05, 0.1) is 24.4 Å². The highest BCUT2D eigenvalue weighted by molar-refractivity contribution is 4.76. The maximum atomic E-state index is 5.62. The van der Waals surface area contributed by atoms with Crippen LogP contribution in [-0.2, 0) is 9.47 Å². The lowest BCUT2D eigenvalue weighted by molar-refractivity contribution is -0.0766. The smallest absolute Gasteiger partial charge is 0.0678 e. The van der Waals surface area contributed by atoms with Crippen molar-refractivity contribution in [2.45, 2.75) is 91.9 Å². The first kappa shape index (κ1) is 19.9. The minimum Gasteiger partial charge on any atom is -0.373 e. The molecule has 0 aromatic carbocycles. The van der Waals surface area contributed by atoms with Crippen LogP contribution in [0.2, 0.25) is 0 Å². The molecule has 0 N–H and O–H groups in total. The molecule has 2 aliphatic heterocycles. The van der Waals surface area contributed by atoms with Crippen LogP contribution in [0.3, 0.4) is 0 Å². The van der Waals surface area contributed by atoms with Gasteiger partial charge in [-0.3, -0.25) is 9.80 Å². The van der Waals surface area contributed by atoms with Crippen LogP contribution in [0.4, 0.5) is 0 Å². The summed E-state index contributed by atoms with van der Waals surface area (Å²) in [4.78, 5) is 4.94. The molecule has 0 bridgehead atoms. The Morgan fingerprint density at radius 2 is 0.818 bits per heavy atom. The van der Waals surface area contributed by atoms with Crippen molar-refractivity contribution in [3.05, 3.63) is 0 Å². The lowest BCUT2D eigenvalue weighted by Gasteiger charge is -2.37. The van der Waals surface area contributed by atoms with Gasteiger partial charge in [0.15, 0.2) is 0 Å². The highest BCUT2D eigenvalue weighted by atomic mass is 16.5. The van der Waals surface area contributed by atoms with Crippen LogP contribution in [0.1, 0.15) is 55.4 Å². The zero-order valence-electron chi connectivity index (χ0n) is 16.0. The van der Waals surface area contributed by atoms with E-state index >= 15 is 0 Å². The first-order valence-corrected chi connectivity index (χ1v) is 8.98. The van der Waals surface area contributed by atoms with Gasteiger partial charge in [-0.15, -0.1) is 0 Å². The molecule has 4 heteroatoms. The lowest BCUT2D eigenvalue weighted by Crippen LogP contribution is -2.48. The summed E-state index contributed by atoms with van der Waals surface area (Å²) in [6.45, 7) is 21.9. The van der Waals surface area contributed by atoms with Crippen molar-refractivity contribution < 1.29 is 9.47 Å². The van der Waals surface area contributed by atoms with Crippen LogP contribution in [0.5, 0.6) is 0 Å². The van der Waals surface area contributed by atoms with Gasteiger partial charge in [0.25, 0.3) is 0 Å². The number of rotatable bonds is 2. The third kappa shape index (κ3) is 6.95. The summed E-state index contributed by atoms with van der Waals surface area (Å²) in [5, 5.41) is 0. The van der Waals surface area contributed by atoms with Crippen LogP contribution in [0, 0.1) is 0 Å². The van der Waals surface area contributed by atoms with E-state index in [1.54, 1.807) is 0 Å². The van der Waals surface area contributed by atoms with Gasteiger partial charge < -0.3 is 9.47 Å². The Morgan fingerprint density at radius 1 is 0.591 bits per heavy atom. The molecule has 0 radical (unpaired) electrons. The number of nitrogens with zero attached hydrogens (tertiary/aromatic N) is 2. The average Bonchev–Trinajstić information content (AvgIpc) is 2.37. The molecular weight excluding hydrogens is 276 g/mol. The van der Waals surface area contributed by atoms with Crippen molar-refractivity contribution in [2.24, 2.45) is 0 Å². The number of hydrogen-bond acceptors (Lipinski definition) is 4. The zero-order valence-corrected chi connectivity index (χ0v) is 16.0. The van der Waals surface area contributed by atoms with Crippen molar-refractivity contribution >= 4 is 0 Å². The molecule has 0 aliphatic carbocycles. The van der Waals surface area contributed by atoms with Gasteiger partial charge >= 0.3 is 0 Å². The second-order valence-corrected chi connectivity index (χ2v) is 7.61. The molecule has 4 atom stereocenters. The predicted octanol–water partition coefficient (Wildman–Crippen LogP) is 3.01. The Morgan fingerprint density at radius 3 is 1.00 bits per heavy atom. The number of morpholine rings is 2. The van der Waals surface area contributed by atoms with Crippen LogP contribution < -0.4 is 0 Å². The number of ether oxygens (including phenoxy) is 2. The minimum absolute atomic E-state index is 0.404. The molecule has 0 aromatic rings. The van der Waals surface area contributed by atoms with Crippen LogP contribution in [-0.4, -0.2) is 72.5 Å². The monoisotopic (exact) mass is 314 g/mol. The fourth-order valence-electron chi connectivity index (χ4n) is 3.28. The molecule has 22 heavy (non-hydrogen) atoms. The van der Waals surface area contributed by atoms with E-state index in [4.69, 9.17) is 9.47 Å². The molecule has 2 fully saturated rings. The molecule has 132 valence electrons. The van der Waals surface area contributed by atoms with Gasteiger partial charge in [-0.1, -0.05) is 0 Å². The van der Waals surface area contributed by atoms with Crippen LogP contribution >= 0.6 is 0 Å². The second-order valence-electron chi connectivity index (χ2n) is 7.61. The minimum atomic E-state index is 0.404. The Hall–Kier alpha value is -0.160. The summed E-state index contributed by atoms with van der Waals surface area (Å²) < 4.78 is 11.2. The fourth-order valence-corrected chi connectivity index (χ4v) is 3.28. The Kier molecular flexibility index (Phi) is 8.33. The molecule has 4 nitrogen and oxygen atoms in total. The van der Waals surface area contributed by atoms with E-state index in [-0.39, 0.29) is 0 Å². The average molecular weight is 315 g/mol. The summed E-state index contributed by atoms with van der Waals surface area (Å²) in [6, 6.07) is 1.31. The van der Waals surface area contributed by atoms with E-state index < -0.39 is 0 Å². The van der Waals surface area contributed by atoms with Gasteiger partial charge in [-0.05, 0) is 55.4 Å². The van der Waals surface area contributed by atoms with E-state index in [0.29, 0.717) is 36.5 Å². The van der Waals surface area contributed by atoms with Crippen LogP contribution in [0.15, 0.2) is 0 Å². The first-order chi connectivity index (χ1) is 10.2. The Bertz CT molecular complexity index is 259. The maximum absolute atomic E-state index is 5.62. The molecular formula is C18H38N2O2. The number of hydrogen-bond donors (Lipinski definition) is 0. The zero-order chi connectivity index (χ0) is 16.9. The molecule has 0 amide bonds. The van der Waals surface area contributed by atoms with Crippen molar-refractivity contribution in [3.63, 3.8) is 0 Å². The van der Waals surface area contributed by atoms with E-state index in [1.807, 2.05) is 0 Å². The summed E-state index contributed by atoms with van der Waals surface area (Å²) in [6.07, 6.45) is 1.62. The molecule has 0 unspecified atom stereocenters. The predicted molar refractivity (Wildman–Crippen MR) is 93.4 cm³/mol. The summed E-state index contributed by atoms with van der Waals surface area (Å²) in [5.74, 6) is 0. The second kappa shape index (κ2) is 9.21. The molecule has 0 saturated carbocycles. The SMILES string of the molecule is CC(C)N1C[C@@H](C)O[C@@H](C)C1.CC(C)N1C[C@@H](C)O[C@H](C)C1. The maximum Gasteiger partial charge on any atom is 0.0678 e. The van der Waals surface area contributed by atoms with Crippen molar-refractivity contribution in [1.29, 1.82) is 0 Å². The summed E-state index contributed by atoms with van der Waals surface area (Å²) >= 11 is 0. The third-order valence-corrected chi connectivity index (χ3v) is 4.36. The van der Waals surface area contributed by atoms with E-state index in [2.05, 4.69) is 65.2 Å². The van der Waals surface area contributed by atoms with Gasteiger partial charge in [-0.25, -0.2) is 0 Å². The molecule has 0 spiro atoms. The topological polar surface area (TPSA) is 24.9 Å². The normalized spacial score (nSPS) is 34.6. The van der Waals surface area contributed by atoms with Gasteiger partial charge in [0.2, 0.25) is 0 Å². The molecule has 2 heterocycles. The van der Waals surface area contributed by atoms with Crippen LogP contribution in [0.25, 0.3) is 0 Å². The van der Waals surface area contributed by atoms with Crippen molar-refractivity contribution in [3.8, 4) is 0 Å². The van der Waals surface area contributed by atoms with Gasteiger partial charge in [-0.2, -0.15) is 0 Å². The highest BCUT2D eigenvalue weighted by Gasteiger charge is 2.24. The van der Waals surface area contributed by atoms with Gasteiger partial charge in [0, 0.05) is 38.3 Å². The standard InChI is InChI=1S/2C9H19NO/c2*1-7(2)10-5-8(3)11-9(4)6-10/h2*7-9H,5-6H2,1-4H3/t8-,9+;8-,9-/m.1/s1. The Balaban J connectivity index is 0.000000220. The molecule has 2 rings (SSSR count). The van der Waals surface area contributed by atoms with E-state index in [0.717, 1.165) is 26.2 Å². The highest BCUT2D eigenvalue weighted by Crippen LogP contribution is 2.13. The molecule has 0 aromatic heterocycles. The third-order valence-electron chi connectivity index (χ3n) is 4.36. The lowest BCUT2D eigenvalue weighted by atomic mass is 10.2.